The molecule has 0 spiro atoms. The number of hydrogen-bond acceptors (Lipinski definition) is 3. The number of likely N-dealkylation sites (N-methyl/N-ethyl adjacent to an activating group) is 1. The lowest BCUT2D eigenvalue weighted by molar-refractivity contribution is 0.272. The Morgan fingerprint density at radius 2 is 2.00 bits per heavy atom. The predicted molar refractivity (Wildman–Crippen MR) is 75.3 cm³/mol. The highest BCUT2D eigenvalue weighted by Crippen LogP contribution is 2.40. The first-order valence-electron chi connectivity index (χ1n) is 6.71. The maximum absolute atomic E-state index is 5.42. The van der Waals surface area contributed by atoms with Crippen molar-refractivity contribution in [3.05, 3.63) is 29.8 Å². The van der Waals surface area contributed by atoms with Gasteiger partial charge < -0.3 is 15.0 Å². The van der Waals surface area contributed by atoms with Gasteiger partial charge in [0.15, 0.2) is 0 Å². The molecule has 2 rings (SSSR count). The van der Waals surface area contributed by atoms with Crippen LogP contribution < -0.4 is 10.1 Å². The van der Waals surface area contributed by atoms with E-state index < -0.39 is 0 Å². The fourth-order valence-electron chi connectivity index (χ4n) is 2.53. The van der Waals surface area contributed by atoms with Crippen LogP contribution in [0.25, 0.3) is 0 Å². The van der Waals surface area contributed by atoms with Crippen molar-refractivity contribution in [2.45, 2.75) is 24.8 Å². The molecule has 1 aliphatic rings. The molecule has 0 atom stereocenters. The molecule has 0 aliphatic heterocycles. The van der Waals surface area contributed by atoms with Crippen LogP contribution >= 0.6 is 0 Å². The van der Waals surface area contributed by atoms with Gasteiger partial charge in [-0.1, -0.05) is 18.2 Å². The summed E-state index contributed by atoms with van der Waals surface area (Å²) < 4.78 is 5.42. The molecule has 0 bridgehead atoms. The summed E-state index contributed by atoms with van der Waals surface area (Å²) in [7, 11) is 5.98. The van der Waals surface area contributed by atoms with Crippen LogP contribution in [0.1, 0.15) is 24.3 Å². The van der Waals surface area contributed by atoms with Gasteiger partial charge in [-0.2, -0.15) is 0 Å². The lowest BCUT2D eigenvalue weighted by Gasteiger charge is -2.37. The number of nitrogens with zero attached hydrogens (tertiary/aromatic N) is 1. The minimum absolute atomic E-state index is 0.665. The van der Waals surface area contributed by atoms with E-state index in [2.05, 4.69) is 42.5 Å². The van der Waals surface area contributed by atoms with Gasteiger partial charge in [0.25, 0.3) is 0 Å². The largest absolute Gasteiger partial charge is 0.496 e. The van der Waals surface area contributed by atoms with Crippen molar-refractivity contribution in [2.24, 2.45) is 0 Å². The fourth-order valence-corrected chi connectivity index (χ4v) is 2.53. The molecule has 1 fully saturated rings. The summed E-state index contributed by atoms with van der Waals surface area (Å²) in [5, 5.41) is 3.61. The first-order valence-corrected chi connectivity index (χ1v) is 6.71. The molecule has 0 radical (unpaired) electrons. The molecule has 1 N–H and O–H groups in total. The molecular weight excluding hydrogens is 224 g/mol. The lowest BCUT2D eigenvalue weighted by atomic mass is 9.75. The third-order valence-corrected chi connectivity index (χ3v) is 3.71. The second-order valence-corrected chi connectivity index (χ2v) is 5.36. The third-order valence-electron chi connectivity index (χ3n) is 3.71. The van der Waals surface area contributed by atoms with E-state index in [9.17, 15) is 0 Å². The van der Waals surface area contributed by atoms with E-state index in [0.717, 1.165) is 18.8 Å². The molecule has 0 unspecified atom stereocenters. The Hall–Kier alpha value is -1.06. The molecule has 100 valence electrons. The molecule has 1 saturated carbocycles. The number of para-hydroxylation sites is 1. The van der Waals surface area contributed by atoms with Crippen molar-refractivity contribution in [1.29, 1.82) is 0 Å². The molecule has 1 aromatic rings. The summed E-state index contributed by atoms with van der Waals surface area (Å²) in [6.45, 7) is 2.19. The normalized spacial score (nSPS) is 22.9. The highest BCUT2D eigenvalue weighted by molar-refractivity contribution is 5.37. The van der Waals surface area contributed by atoms with E-state index in [1.54, 1.807) is 7.11 Å². The van der Waals surface area contributed by atoms with Crippen LogP contribution in [0.5, 0.6) is 5.75 Å². The van der Waals surface area contributed by atoms with Crippen molar-refractivity contribution in [2.75, 3.05) is 34.3 Å². The van der Waals surface area contributed by atoms with Crippen molar-refractivity contribution in [3.8, 4) is 5.75 Å². The maximum atomic E-state index is 5.42. The van der Waals surface area contributed by atoms with Gasteiger partial charge in [0.2, 0.25) is 0 Å². The van der Waals surface area contributed by atoms with Gasteiger partial charge in [-0.05, 0) is 44.5 Å². The number of benzene rings is 1. The first kappa shape index (κ1) is 13.4. The lowest BCUT2D eigenvalue weighted by Crippen LogP contribution is -2.42. The predicted octanol–water partition coefficient (Wildman–Crippen LogP) is 2.09. The summed E-state index contributed by atoms with van der Waals surface area (Å²) in [5.74, 6) is 1.70. The van der Waals surface area contributed by atoms with Gasteiger partial charge in [0.1, 0.15) is 5.75 Å². The quantitative estimate of drug-likeness (QED) is 0.834. The van der Waals surface area contributed by atoms with Crippen molar-refractivity contribution < 1.29 is 4.74 Å². The van der Waals surface area contributed by atoms with Crippen LogP contribution in [0.2, 0.25) is 0 Å². The van der Waals surface area contributed by atoms with Crippen molar-refractivity contribution in [3.63, 3.8) is 0 Å². The molecule has 1 aliphatic carbocycles. The molecule has 3 nitrogen and oxygen atoms in total. The van der Waals surface area contributed by atoms with E-state index >= 15 is 0 Å². The third kappa shape index (κ3) is 3.24. The van der Waals surface area contributed by atoms with E-state index in [0.29, 0.717) is 12.0 Å². The van der Waals surface area contributed by atoms with Gasteiger partial charge in [-0.3, -0.25) is 0 Å². The fraction of sp³-hybridized carbons (Fsp3) is 0.600. The van der Waals surface area contributed by atoms with Crippen LogP contribution in [0.4, 0.5) is 0 Å². The highest BCUT2D eigenvalue weighted by Gasteiger charge is 2.31. The van der Waals surface area contributed by atoms with E-state index in [-0.39, 0.29) is 0 Å². The average molecular weight is 248 g/mol. The Labute approximate surface area is 110 Å². The Morgan fingerprint density at radius 3 is 2.67 bits per heavy atom. The molecule has 0 heterocycles. The number of hydrogen-bond donors (Lipinski definition) is 1. The number of rotatable bonds is 6. The van der Waals surface area contributed by atoms with E-state index in [1.165, 1.54) is 18.4 Å². The van der Waals surface area contributed by atoms with Gasteiger partial charge in [-0.15, -0.1) is 0 Å². The maximum Gasteiger partial charge on any atom is 0.122 e. The summed E-state index contributed by atoms with van der Waals surface area (Å²) in [4.78, 5) is 2.21. The SMILES string of the molecule is COc1ccccc1C1CC(NCCN(C)C)C1. The molecule has 3 heteroatoms. The minimum Gasteiger partial charge on any atom is -0.496 e. The average Bonchev–Trinajstić information content (AvgIpc) is 2.32. The summed E-state index contributed by atoms with van der Waals surface area (Å²) >= 11 is 0. The minimum atomic E-state index is 0.665. The second kappa shape index (κ2) is 6.21. The van der Waals surface area contributed by atoms with Crippen LogP contribution in [0.3, 0.4) is 0 Å². The number of ether oxygens (including phenoxy) is 1. The summed E-state index contributed by atoms with van der Waals surface area (Å²) in [6, 6.07) is 9.07. The van der Waals surface area contributed by atoms with Gasteiger partial charge in [0.05, 0.1) is 7.11 Å². The van der Waals surface area contributed by atoms with Crippen LogP contribution in [-0.2, 0) is 0 Å². The molecule has 0 saturated heterocycles. The Morgan fingerprint density at radius 1 is 1.28 bits per heavy atom. The Balaban J connectivity index is 1.78. The zero-order valence-corrected chi connectivity index (χ0v) is 11.6. The smallest absolute Gasteiger partial charge is 0.122 e. The van der Waals surface area contributed by atoms with Crippen LogP contribution in [-0.4, -0.2) is 45.2 Å². The van der Waals surface area contributed by atoms with Crippen LogP contribution in [0, 0.1) is 0 Å². The zero-order valence-electron chi connectivity index (χ0n) is 11.6. The highest BCUT2D eigenvalue weighted by atomic mass is 16.5. The Kier molecular flexibility index (Phi) is 4.61. The van der Waals surface area contributed by atoms with Crippen molar-refractivity contribution in [1.82, 2.24) is 10.2 Å². The van der Waals surface area contributed by atoms with Gasteiger partial charge >= 0.3 is 0 Å². The molecule has 1 aromatic carbocycles. The summed E-state index contributed by atoms with van der Waals surface area (Å²) in [5.41, 5.74) is 1.37. The van der Waals surface area contributed by atoms with Gasteiger partial charge in [-0.25, -0.2) is 0 Å². The van der Waals surface area contributed by atoms with Gasteiger partial charge in [0, 0.05) is 19.1 Å². The number of methoxy groups -OCH3 is 1. The molecular formula is C15H24N2O. The molecule has 18 heavy (non-hydrogen) atoms. The van der Waals surface area contributed by atoms with E-state index in [4.69, 9.17) is 4.74 Å². The topological polar surface area (TPSA) is 24.5 Å². The van der Waals surface area contributed by atoms with Crippen LogP contribution in [0.15, 0.2) is 24.3 Å². The second-order valence-electron chi connectivity index (χ2n) is 5.36. The Bertz CT molecular complexity index is 373. The molecule has 0 aromatic heterocycles. The first-order chi connectivity index (χ1) is 8.70. The number of nitrogens with one attached hydrogen (secondary N) is 1. The summed E-state index contributed by atoms with van der Waals surface area (Å²) in [6.07, 6.45) is 2.46. The van der Waals surface area contributed by atoms with E-state index in [1.807, 2.05) is 6.07 Å². The monoisotopic (exact) mass is 248 g/mol. The molecule has 0 amide bonds. The standard InChI is InChI=1S/C15H24N2O/c1-17(2)9-8-16-13-10-12(11-13)14-6-4-5-7-15(14)18-3/h4-7,12-13,16H,8-11H2,1-3H3. The van der Waals surface area contributed by atoms with Crippen molar-refractivity contribution >= 4 is 0 Å². The zero-order chi connectivity index (χ0) is 13.0.